The van der Waals surface area contributed by atoms with E-state index in [4.69, 9.17) is 16.6 Å². The highest BCUT2D eigenvalue weighted by Gasteiger charge is 2.65. The van der Waals surface area contributed by atoms with Gasteiger partial charge in [-0.3, -0.25) is 9.62 Å². The summed E-state index contributed by atoms with van der Waals surface area (Å²) in [4.78, 5) is 40.5. The van der Waals surface area contributed by atoms with Gasteiger partial charge >= 0.3 is 12.2 Å². The number of thiazole rings is 1. The summed E-state index contributed by atoms with van der Waals surface area (Å²) < 4.78 is 73.2. The largest absolute Gasteiger partial charge is 0.465 e. The number of carboxylic acid groups (broad SMARTS) is 2. The van der Waals surface area contributed by atoms with Gasteiger partial charge in [0, 0.05) is 24.8 Å². The van der Waals surface area contributed by atoms with E-state index in [-0.39, 0.29) is 45.2 Å². The van der Waals surface area contributed by atoms with Crippen LogP contribution in [0, 0.1) is 28.3 Å². The highest BCUT2D eigenvalue weighted by Crippen LogP contribution is 2.57. The number of aromatic nitrogens is 3. The Morgan fingerprint density at radius 2 is 1.69 bits per heavy atom. The van der Waals surface area contributed by atoms with Gasteiger partial charge in [-0.05, 0) is 58.8 Å². The number of sulfonamides is 1. The first kappa shape index (κ1) is 37.8. The molecule has 4 aromatic rings. The van der Waals surface area contributed by atoms with Crippen molar-refractivity contribution in [2.24, 2.45) is 10.8 Å². The van der Waals surface area contributed by atoms with Crippen LogP contribution in [0.15, 0.2) is 53.6 Å². The van der Waals surface area contributed by atoms with Crippen molar-refractivity contribution in [2.75, 3.05) is 17.8 Å². The lowest BCUT2D eigenvalue weighted by atomic mass is 9.60. The summed E-state index contributed by atoms with van der Waals surface area (Å²) in [6, 6.07) is 5.93. The van der Waals surface area contributed by atoms with Crippen molar-refractivity contribution in [2.45, 2.75) is 58.0 Å². The highest BCUT2D eigenvalue weighted by molar-refractivity contribution is 7.92. The molecule has 2 aromatic carbocycles. The molecule has 0 spiro atoms. The summed E-state index contributed by atoms with van der Waals surface area (Å²) >= 11 is 7.11. The van der Waals surface area contributed by atoms with E-state index in [2.05, 4.69) is 9.97 Å². The quantitative estimate of drug-likeness (QED) is 0.166. The number of anilines is 1. The van der Waals surface area contributed by atoms with E-state index in [1.54, 1.807) is 41.5 Å². The number of halogens is 4. The Labute approximate surface area is 301 Å². The zero-order valence-corrected chi connectivity index (χ0v) is 30.6. The third-order valence-electron chi connectivity index (χ3n) is 8.63. The number of hydrogen-bond acceptors (Lipinski definition) is 8. The summed E-state index contributed by atoms with van der Waals surface area (Å²) in [5.74, 6) is -3.45. The maximum atomic E-state index is 16.6. The third-order valence-corrected chi connectivity index (χ3v) is 11.4. The predicted molar refractivity (Wildman–Crippen MR) is 185 cm³/mol. The van der Waals surface area contributed by atoms with Gasteiger partial charge in [-0.2, -0.15) is 0 Å². The molecule has 272 valence electrons. The first-order chi connectivity index (χ1) is 23.6. The number of benzene rings is 2. The van der Waals surface area contributed by atoms with Crippen molar-refractivity contribution >= 4 is 50.8 Å². The molecule has 1 aliphatic rings. The zero-order chi connectivity index (χ0) is 37.8. The van der Waals surface area contributed by atoms with E-state index in [1.165, 1.54) is 34.2 Å². The summed E-state index contributed by atoms with van der Waals surface area (Å²) in [6.45, 7) is 10.3. The van der Waals surface area contributed by atoms with E-state index in [0.717, 1.165) is 23.5 Å². The zero-order valence-electron chi connectivity index (χ0n) is 28.2. The second kappa shape index (κ2) is 13.2. The fourth-order valence-electron chi connectivity index (χ4n) is 6.78. The number of hydrogen-bond donors (Lipinski definition) is 3. The SMILES string of the molecule is CC(C)(C)C1N(C(=O)O)CCN(C(=O)O)C1(c1nc(-c2cccc(NS(=O)(=O)c3cc(F)ccc3F)c2F)c(-c2ccnc(Cl)n2)s1)C(C)(C)C. The molecule has 3 N–H and O–H groups in total. The topological polar surface area (TPSA) is 166 Å². The average Bonchev–Trinajstić information content (AvgIpc) is 3.46. The second-order valence-electron chi connectivity index (χ2n) is 14.0. The van der Waals surface area contributed by atoms with E-state index < -0.39 is 72.7 Å². The molecule has 1 saturated heterocycles. The number of nitrogens with one attached hydrogen (secondary N) is 1. The van der Waals surface area contributed by atoms with E-state index in [0.29, 0.717) is 12.1 Å². The fraction of sp³-hybridized carbons (Fsp3) is 0.364. The number of nitrogens with zero attached hydrogens (tertiary/aromatic N) is 5. The molecule has 0 bridgehead atoms. The molecular formula is C33H34ClF3N6O6S2. The van der Waals surface area contributed by atoms with Gasteiger partial charge in [0.05, 0.1) is 28.0 Å². The van der Waals surface area contributed by atoms with Crippen LogP contribution in [-0.4, -0.2) is 74.7 Å². The normalized spacial score (nSPS) is 18.5. The molecule has 0 radical (unpaired) electrons. The van der Waals surface area contributed by atoms with Gasteiger partial charge in [-0.25, -0.2) is 46.1 Å². The van der Waals surface area contributed by atoms with Crippen LogP contribution in [0.5, 0.6) is 0 Å². The number of amides is 2. The molecule has 1 aliphatic heterocycles. The molecular weight excluding hydrogens is 733 g/mol. The van der Waals surface area contributed by atoms with Crippen LogP contribution in [-0.2, 0) is 15.6 Å². The summed E-state index contributed by atoms with van der Waals surface area (Å²) in [7, 11) is -4.85. The molecule has 2 amide bonds. The van der Waals surface area contributed by atoms with Gasteiger partial charge in [0.2, 0.25) is 5.28 Å². The van der Waals surface area contributed by atoms with Crippen molar-refractivity contribution in [3.8, 4) is 21.8 Å². The maximum Gasteiger partial charge on any atom is 0.408 e. The van der Waals surface area contributed by atoms with Gasteiger partial charge in [0.25, 0.3) is 10.0 Å². The third kappa shape index (κ3) is 6.69. The van der Waals surface area contributed by atoms with Crippen LogP contribution in [0.1, 0.15) is 46.6 Å². The maximum absolute atomic E-state index is 16.6. The van der Waals surface area contributed by atoms with Crippen molar-refractivity contribution in [1.82, 2.24) is 24.8 Å². The number of carbonyl (C=O) groups is 2. The van der Waals surface area contributed by atoms with Crippen molar-refractivity contribution in [3.05, 3.63) is 76.4 Å². The fourth-order valence-corrected chi connectivity index (χ4v) is 9.56. The Balaban J connectivity index is 1.83. The smallest absolute Gasteiger partial charge is 0.408 e. The Morgan fingerprint density at radius 1 is 1.00 bits per heavy atom. The number of piperazine rings is 1. The molecule has 2 aromatic heterocycles. The minimum absolute atomic E-state index is 0.102. The molecule has 18 heteroatoms. The Kier molecular flexibility index (Phi) is 9.81. The molecule has 3 heterocycles. The Bertz CT molecular complexity index is 2140. The van der Waals surface area contributed by atoms with Crippen molar-refractivity contribution in [1.29, 1.82) is 0 Å². The first-order valence-electron chi connectivity index (χ1n) is 15.4. The molecule has 1 fully saturated rings. The predicted octanol–water partition coefficient (Wildman–Crippen LogP) is 7.77. The lowest BCUT2D eigenvalue weighted by molar-refractivity contribution is -0.126. The first-order valence-corrected chi connectivity index (χ1v) is 18.1. The van der Waals surface area contributed by atoms with Gasteiger partial charge in [0.1, 0.15) is 27.1 Å². The minimum Gasteiger partial charge on any atom is -0.465 e. The molecule has 0 aliphatic carbocycles. The molecule has 5 rings (SSSR count). The molecule has 2 atom stereocenters. The van der Waals surface area contributed by atoms with E-state index in [1.807, 2.05) is 4.72 Å². The summed E-state index contributed by atoms with van der Waals surface area (Å²) in [5.41, 5.74) is -4.48. The summed E-state index contributed by atoms with van der Waals surface area (Å²) in [5, 5.41) is 21.1. The van der Waals surface area contributed by atoms with Crippen LogP contribution in [0.2, 0.25) is 5.28 Å². The molecule has 12 nitrogen and oxygen atoms in total. The molecule has 2 unspecified atom stereocenters. The van der Waals surface area contributed by atoms with Crippen LogP contribution >= 0.6 is 22.9 Å². The van der Waals surface area contributed by atoms with Crippen LogP contribution < -0.4 is 4.72 Å². The van der Waals surface area contributed by atoms with Crippen LogP contribution in [0.4, 0.5) is 28.4 Å². The average molecular weight is 767 g/mol. The van der Waals surface area contributed by atoms with Gasteiger partial charge in [0.15, 0.2) is 5.82 Å². The molecule has 51 heavy (non-hydrogen) atoms. The lowest BCUT2D eigenvalue weighted by Crippen LogP contribution is -2.75. The van der Waals surface area contributed by atoms with E-state index >= 15 is 4.39 Å². The molecule has 0 saturated carbocycles. The Morgan fingerprint density at radius 3 is 2.27 bits per heavy atom. The number of rotatable bonds is 6. The van der Waals surface area contributed by atoms with Gasteiger partial charge in [-0.15, -0.1) is 11.3 Å². The van der Waals surface area contributed by atoms with Crippen LogP contribution in [0.25, 0.3) is 21.8 Å². The lowest BCUT2D eigenvalue weighted by Gasteiger charge is -2.62. The Hall–Kier alpha value is -4.48. The van der Waals surface area contributed by atoms with E-state index in [9.17, 15) is 37.0 Å². The highest BCUT2D eigenvalue weighted by atomic mass is 35.5. The van der Waals surface area contributed by atoms with Crippen molar-refractivity contribution in [3.63, 3.8) is 0 Å². The standard InChI is InChI=1S/C33H34ClF3N6O6S2/c1-31(2,3)26-33(32(4,5)6,43(30(46)47)15-14-42(26)29(44)45)27-40-24(25(50-27)21-12-13-38-28(34)39-21)18-8-7-9-20(23(18)37)41-51(48,49)22-16-17(35)10-11-19(22)36/h7-13,16,26,41H,14-15H2,1-6H3,(H,44,45)(H,46,47). The van der Waals surface area contributed by atoms with Gasteiger partial charge < -0.3 is 15.1 Å². The second-order valence-corrected chi connectivity index (χ2v) is 16.9. The monoisotopic (exact) mass is 766 g/mol. The van der Waals surface area contributed by atoms with Crippen LogP contribution in [0.3, 0.4) is 0 Å². The summed E-state index contributed by atoms with van der Waals surface area (Å²) in [6.07, 6.45) is -1.26. The van der Waals surface area contributed by atoms with Gasteiger partial charge in [-0.1, -0.05) is 47.6 Å². The minimum atomic E-state index is -4.85. The van der Waals surface area contributed by atoms with Crippen molar-refractivity contribution < 1.29 is 41.4 Å².